The second kappa shape index (κ2) is 10.6. The third-order valence-corrected chi connectivity index (χ3v) is 7.79. The van der Waals surface area contributed by atoms with Crippen LogP contribution in [0, 0.1) is 0 Å². The van der Waals surface area contributed by atoms with Crippen molar-refractivity contribution in [2.75, 3.05) is 0 Å². The van der Waals surface area contributed by atoms with Crippen LogP contribution in [0.15, 0.2) is 103 Å². The first-order valence-electron chi connectivity index (χ1n) is 13.9. The number of hydrogen-bond donors (Lipinski definition) is 7. The fourth-order valence-electron chi connectivity index (χ4n) is 5.87. The SMILES string of the molecule is O=C(O)C1=c2ccc([nH]2)=C(c2ccccc2)c2ccc([nH]2)C(c2ccccc2)=c2cc(C(=O)O)c([nH]2)=C(C(=O)O)c2ccc1[nH]2. The second-order valence-corrected chi connectivity index (χ2v) is 10.5. The number of aliphatic carboxylic acids is 2. The number of aromatic nitrogens is 4. The number of benzene rings is 2. The molecule has 8 bridgehead atoms. The normalized spacial score (nSPS) is 12.8. The smallest absolute Gasteiger partial charge is 0.339 e. The minimum atomic E-state index is -1.40. The zero-order valence-corrected chi connectivity index (χ0v) is 23.4. The highest BCUT2D eigenvalue weighted by molar-refractivity contribution is 6.17. The molecular formula is C35H24N4O6. The molecule has 1 aliphatic heterocycles. The van der Waals surface area contributed by atoms with E-state index < -0.39 is 17.9 Å². The monoisotopic (exact) mass is 596 g/mol. The quantitative estimate of drug-likeness (QED) is 0.160. The molecule has 1 aliphatic rings. The van der Waals surface area contributed by atoms with Gasteiger partial charge in [0.05, 0.1) is 27.6 Å². The average Bonchev–Trinajstić information content (AvgIpc) is 3.84. The van der Waals surface area contributed by atoms with Gasteiger partial charge in [-0.3, -0.25) is 0 Å². The molecule has 10 heteroatoms. The summed E-state index contributed by atoms with van der Waals surface area (Å²) in [6.45, 7) is 0. The van der Waals surface area contributed by atoms with Gasteiger partial charge in [-0.1, -0.05) is 60.7 Å². The number of nitrogens with one attached hydrogen (secondary N) is 4. The summed E-state index contributed by atoms with van der Waals surface area (Å²) in [6.07, 6.45) is 0. The Labute approximate surface area is 253 Å². The third kappa shape index (κ3) is 4.66. The lowest BCUT2D eigenvalue weighted by Gasteiger charge is -2.08. The van der Waals surface area contributed by atoms with Crippen molar-refractivity contribution in [3.8, 4) is 0 Å². The van der Waals surface area contributed by atoms with Crippen molar-refractivity contribution < 1.29 is 29.7 Å². The number of carbonyl (C=O) groups is 3. The van der Waals surface area contributed by atoms with E-state index in [1.807, 2.05) is 72.8 Å². The predicted molar refractivity (Wildman–Crippen MR) is 165 cm³/mol. The summed E-state index contributed by atoms with van der Waals surface area (Å²) < 4.78 is 0. The molecular weight excluding hydrogens is 572 g/mol. The maximum absolute atomic E-state index is 12.7. The summed E-state index contributed by atoms with van der Waals surface area (Å²) in [6, 6.07) is 30.5. The molecule has 4 aromatic heterocycles. The summed E-state index contributed by atoms with van der Waals surface area (Å²) in [7, 11) is 0. The maximum Gasteiger partial charge on any atom is 0.339 e. The van der Waals surface area contributed by atoms with Crippen LogP contribution >= 0.6 is 0 Å². The maximum atomic E-state index is 12.7. The van der Waals surface area contributed by atoms with Crippen molar-refractivity contribution in [2.45, 2.75) is 0 Å². The Hall–Kier alpha value is -6.55. The van der Waals surface area contributed by atoms with E-state index in [1.54, 1.807) is 12.1 Å². The largest absolute Gasteiger partial charge is 0.478 e. The zero-order chi connectivity index (χ0) is 31.2. The van der Waals surface area contributed by atoms with E-state index in [2.05, 4.69) is 19.9 Å². The number of H-pyrrole nitrogens is 4. The van der Waals surface area contributed by atoms with Gasteiger partial charge in [0.1, 0.15) is 11.1 Å². The fraction of sp³-hybridized carbons (Fsp3) is 0. The standard InChI is InChI=1S/C35H24N4O6/c40-33(41)20-17-27-29(19-9-5-2-6-10-19)23-12-11-21(36-23)28(18-7-3-1-4-8-18)22-13-14-24(37-22)30(34(42)43)25-15-16-26(38-25)31(35(44)45)32(20)39-27/h1-17,36-39H,(H,40,41)(H,42,43)(H,44,45). The zero-order valence-electron chi connectivity index (χ0n) is 23.4. The average molecular weight is 597 g/mol. The Balaban J connectivity index is 1.70. The highest BCUT2D eigenvalue weighted by atomic mass is 16.4. The Morgan fingerprint density at radius 3 is 1.49 bits per heavy atom. The highest BCUT2D eigenvalue weighted by Gasteiger charge is 2.23. The molecule has 6 aromatic rings. The number of carboxylic acid groups (broad SMARTS) is 3. The van der Waals surface area contributed by atoms with Crippen LogP contribution in [0.3, 0.4) is 0 Å². The molecule has 45 heavy (non-hydrogen) atoms. The number of carboxylic acids is 3. The molecule has 220 valence electrons. The number of fused-ring (bicyclic) bond motifs is 8. The number of rotatable bonds is 5. The van der Waals surface area contributed by atoms with Gasteiger partial charge in [0, 0.05) is 33.2 Å². The van der Waals surface area contributed by atoms with Crippen molar-refractivity contribution in [1.29, 1.82) is 0 Å². The van der Waals surface area contributed by atoms with Crippen molar-refractivity contribution in [1.82, 2.24) is 19.9 Å². The Bertz CT molecular complexity index is 2410. The van der Waals surface area contributed by atoms with Crippen LogP contribution in [0.4, 0.5) is 0 Å². The van der Waals surface area contributed by atoms with E-state index in [0.717, 1.165) is 16.7 Å². The lowest BCUT2D eigenvalue weighted by atomic mass is 10.0. The lowest BCUT2D eigenvalue weighted by Crippen LogP contribution is -2.24. The van der Waals surface area contributed by atoms with Crippen molar-refractivity contribution in [3.63, 3.8) is 0 Å². The first-order valence-corrected chi connectivity index (χ1v) is 13.9. The van der Waals surface area contributed by atoms with E-state index in [0.29, 0.717) is 33.0 Å². The molecule has 10 nitrogen and oxygen atoms in total. The van der Waals surface area contributed by atoms with E-state index in [4.69, 9.17) is 0 Å². The van der Waals surface area contributed by atoms with Crippen LogP contribution in [-0.4, -0.2) is 53.2 Å². The van der Waals surface area contributed by atoms with Gasteiger partial charge in [-0.2, -0.15) is 0 Å². The molecule has 5 heterocycles. The molecule has 7 rings (SSSR count). The predicted octanol–water partition coefficient (Wildman–Crippen LogP) is 2.07. The molecule has 0 amide bonds. The van der Waals surface area contributed by atoms with Gasteiger partial charge in [-0.25, -0.2) is 14.4 Å². The van der Waals surface area contributed by atoms with Gasteiger partial charge in [0.25, 0.3) is 0 Å². The topological polar surface area (TPSA) is 175 Å². The molecule has 2 aromatic carbocycles. The summed E-state index contributed by atoms with van der Waals surface area (Å²) in [5.74, 6) is -3.97. The summed E-state index contributed by atoms with van der Waals surface area (Å²) in [5, 5.41) is 32.0. The second-order valence-electron chi connectivity index (χ2n) is 10.5. The Kier molecular flexibility index (Phi) is 6.44. The highest BCUT2D eigenvalue weighted by Crippen LogP contribution is 2.25. The van der Waals surface area contributed by atoms with E-state index in [1.165, 1.54) is 18.2 Å². The Morgan fingerprint density at radius 1 is 0.444 bits per heavy atom. The van der Waals surface area contributed by atoms with E-state index in [9.17, 15) is 29.7 Å². The van der Waals surface area contributed by atoms with Gasteiger partial charge in [0.2, 0.25) is 0 Å². The van der Waals surface area contributed by atoms with Gasteiger partial charge >= 0.3 is 17.9 Å². The molecule has 0 radical (unpaired) electrons. The summed E-state index contributed by atoms with van der Waals surface area (Å²) >= 11 is 0. The minimum Gasteiger partial charge on any atom is -0.478 e. The Morgan fingerprint density at radius 2 is 0.933 bits per heavy atom. The van der Waals surface area contributed by atoms with E-state index >= 15 is 0 Å². The van der Waals surface area contributed by atoms with Crippen LogP contribution < -0.4 is 21.4 Å². The fourth-order valence-corrected chi connectivity index (χ4v) is 5.87. The summed E-state index contributed by atoms with van der Waals surface area (Å²) in [4.78, 5) is 50.6. The molecule has 7 N–H and O–H groups in total. The van der Waals surface area contributed by atoms with Crippen LogP contribution in [-0.2, 0) is 9.59 Å². The van der Waals surface area contributed by atoms with Crippen molar-refractivity contribution in [2.24, 2.45) is 0 Å². The molecule has 0 spiro atoms. The van der Waals surface area contributed by atoms with Gasteiger partial charge in [-0.05, 0) is 53.6 Å². The molecule has 0 atom stereocenters. The molecule has 0 fully saturated rings. The number of aromatic amines is 4. The van der Waals surface area contributed by atoms with Crippen LogP contribution in [0.5, 0.6) is 0 Å². The van der Waals surface area contributed by atoms with Crippen molar-refractivity contribution >= 4 is 40.2 Å². The molecule has 0 saturated carbocycles. The molecule has 0 saturated heterocycles. The van der Waals surface area contributed by atoms with Crippen LogP contribution in [0.1, 0.15) is 44.3 Å². The molecule has 0 aliphatic carbocycles. The van der Waals surface area contributed by atoms with Crippen molar-refractivity contribution in [3.05, 3.63) is 164 Å². The summed E-state index contributed by atoms with van der Waals surface area (Å²) in [5.41, 5.74) is 3.85. The van der Waals surface area contributed by atoms with Crippen LogP contribution in [0.2, 0.25) is 0 Å². The number of aromatic carboxylic acids is 1. The third-order valence-electron chi connectivity index (χ3n) is 7.79. The number of hydrogen-bond acceptors (Lipinski definition) is 3. The lowest BCUT2D eigenvalue weighted by molar-refractivity contribution is -0.131. The minimum absolute atomic E-state index is 0.0333. The molecule has 0 unspecified atom stereocenters. The first kappa shape index (κ1) is 27.3. The van der Waals surface area contributed by atoms with Gasteiger partial charge in [0.15, 0.2) is 0 Å². The first-order chi connectivity index (χ1) is 21.8. The van der Waals surface area contributed by atoms with Crippen LogP contribution in [0.25, 0.3) is 22.3 Å². The van der Waals surface area contributed by atoms with E-state index in [-0.39, 0.29) is 33.4 Å². The van der Waals surface area contributed by atoms with Gasteiger partial charge in [-0.15, -0.1) is 0 Å². The van der Waals surface area contributed by atoms with Gasteiger partial charge < -0.3 is 35.3 Å².